The summed E-state index contributed by atoms with van der Waals surface area (Å²) in [6, 6.07) is 24.4. The highest BCUT2D eigenvalue weighted by Gasteiger charge is 2.80. The van der Waals surface area contributed by atoms with E-state index in [9.17, 15) is 70.8 Å². The number of amides is 9. The minimum Gasteiger partial charge on any atom is -0.486 e. The molecule has 7 aliphatic rings. The van der Waals surface area contributed by atoms with E-state index in [4.69, 9.17) is 57.8 Å². The Morgan fingerprint density at radius 2 is 1.31 bits per heavy atom. The third-order valence-electron chi connectivity index (χ3n) is 26.2. The number of para-hydroxylation sites is 1. The molecule has 4 aliphatic carbocycles. The van der Waals surface area contributed by atoms with E-state index in [1.165, 1.54) is 43.3 Å². The lowest BCUT2D eigenvalue weighted by Crippen LogP contribution is -2.71. The summed E-state index contributed by atoms with van der Waals surface area (Å²) in [5.74, 6) is -8.87. The largest absolute Gasteiger partial charge is 0.486 e. The number of carbonyl (C=O) groups is 11. The number of nitrogens with one attached hydrogen (secondary N) is 10. The fourth-order valence-electron chi connectivity index (χ4n) is 19.2. The number of hydrogen-bond donors (Lipinski definition) is 13. The summed E-state index contributed by atoms with van der Waals surface area (Å²) in [5, 5.41) is 35.4. The number of rotatable bonds is 58. The molecule has 9 amide bonds. The molecule has 4 fully saturated rings. The number of Topliss-reactive ketones (excluding diaryl/α,β-unsaturated/α-hetero) is 2. The molecule has 3 heterocycles. The molecule has 0 aromatic heterocycles. The van der Waals surface area contributed by atoms with Gasteiger partial charge in [-0.15, -0.1) is 5.53 Å². The van der Waals surface area contributed by atoms with Gasteiger partial charge >= 0.3 is 12.1 Å². The fourth-order valence-corrected chi connectivity index (χ4v) is 19.5. The monoisotopic (exact) mass is 1970 g/mol. The predicted octanol–water partition coefficient (Wildman–Crippen LogP) is 6.28. The zero-order chi connectivity index (χ0) is 99.9. The normalized spacial score (nSPS) is 22.8. The number of aliphatic hydroxyl groups excluding tert-OH is 1. The van der Waals surface area contributed by atoms with E-state index < -0.39 is 177 Å². The molecule has 14 N–H and O–H groups in total. The van der Waals surface area contributed by atoms with E-state index in [2.05, 4.69) is 53.5 Å². The van der Waals surface area contributed by atoms with Crippen LogP contribution in [0.5, 0.6) is 5.75 Å². The number of aliphatic hydroxyl groups is 1. The number of fused-ring (bicyclic) bond motifs is 11. The van der Waals surface area contributed by atoms with Crippen LogP contribution < -0.4 is 68.9 Å². The Kier molecular flexibility index (Phi) is 40.7. The maximum atomic E-state index is 18.0. The number of nitrogens with two attached hydrogens (primary N) is 1. The summed E-state index contributed by atoms with van der Waals surface area (Å²) in [6.07, 6.45) is -2.67. The van der Waals surface area contributed by atoms with Gasteiger partial charge in [-0.2, -0.15) is 8.42 Å². The van der Waals surface area contributed by atoms with E-state index in [0.717, 1.165) is 40.7 Å². The molecule has 4 aromatic carbocycles. The number of hydrogen-bond acceptors (Lipinski definition) is 29. The minimum absolute atomic E-state index is 0.0137. The highest BCUT2D eigenvalue weighted by Crippen LogP contribution is 2.72. The molecule has 3 saturated carbocycles. The molecule has 139 heavy (non-hydrogen) atoms. The molecule has 1 saturated heterocycles. The third kappa shape index (κ3) is 29.0. The second-order valence-electron chi connectivity index (χ2n) is 36.0. The van der Waals surface area contributed by atoms with Crippen molar-refractivity contribution in [1.29, 1.82) is 0 Å². The van der Waals surface area contributed by atoms with E-state index in [1.54, 1.807) is 49.9 Å². The Morgan fingerprint density at radius 1 is 0.683 bits per heavy atom. The van der Waals surface area contributed by atoms with Crippen molar-refractivity contribution in [2.75, 3.05) is 160 Å². The second-order valence-corrected chi connectivity index (χ2v) is 37.6. The average Bonchev–Trinajstić information content (AvgIpc) is 1.45. The maximum absolute atomic E-state index is 18.0. The number of halogens is 2. The zero-order valence-electron chi connectivity index (χ0n) is 79.5. The summed E-state index contributed by atoms with van der Waals surface area (Å²) in [7, 11) is -2.57. The SMILES string of the molecule is CCCC1O[C@@H]2C[C@H]3[C@@H]4C[C@H](F)C5=CC(=O)C=C[C@]5(C)[C@@]4(F)[C@@H](O)C[C@]3(C)[C@]2(C(=O)COc2ccc(NC(=O)OCc3ccc(NC(=O)[C@H](CCCNC(N)=O)CC(=O)[C@@H](NC(=O)[C@@H](CCC(=O)NCCS(=O)(=O)O)NC(=O)CCOCCOCCOCCOCCNC(=O)CCC(=O)N4Cc5ccccc5C5=C(NNN5CCOCCOCCOCCNC)c5ccccc54)C(C)C)cc3)cc2)O1. The lowest BCUT2D eigenvalue weighted by molar-refractivity contribution is -0.234. The number of carbonyl (C=O) groups excluding carboxylic acids is 11. The van der Waals surface area contributed by atoms with Crippen LogP contribution in [-0.4, -0.2) is 281 Å². The topological polar surface area (TPSA) is 517 Å². The maximum Gasteiger partial charge on any atom is 0.411 e. The molecule has 1 unspecified atom stereocenters. The molecule has 11 rings (SSSR count). The van der Waals surface area contributed by atoms with E-state index in [-0.39, 0.29) is 160 Å². The number of benzene rings is 4. The Hall–Kier alpha value is -10.8. The van der Waals surface area contributed by atoms with Gasteiger partial charge in [-0.05, 0) is 142 Å². The van der Waals surface area contributed by atoms with Gasteiger partial charge in [0.1, 0.15) is 31.2 Å². The molecule has 762 valence electrons. The van der Waals surface area contributed by atoms with E-state index in [1.807, 2.05) is 67.5 Å². The van der Waals surface area contributed by atoms with Crippen LogP contribution in [0, 0.1) is 34.5 Å². The Bertz CT molecular complexity index is 5100. The van der Waals surface area contributed by atoms with Crippen LogP contribution in [0.1, 0.15) is 140 Å². The lowest BCUT2D eigenvalue weighted by atomic mass is 9.44. The van der Waals surface area contributed by atoms with Crippen molar-refractivity contribution in [2.45, 2.75) is 179 Å². The van der Waals surface area contributed by atoms with Gasteiger partial charge in [0.2, 0.25) is 41.2 Å². The van der Waals surface area contributed by atoms with Crippen molar-refractivity contribution >= 4 is 103 Å². The molecule has 3 aliphatic heterocycles. The molecule has 13 atom stereocenters. The third-order valence-corrected chi connectivity index (χ3v) is 26.9. The van der Waals surface area contributed by atoms with Gasteiger partial charge in [0.15, 0.2) is 29.1 Å². The number of likely N-dealkylation sites (N-methyl/N-ethyl adjacent to an activating group) is 1. The van der Waals surface area contributed by atoms with Crippen LogP contribution >= 0.6 is 0 Å². The fraction of sp³-hybridized carbons (Fsp3) is 0.577. The number of alkyl halides is 2. The molecule has 0 bridgehead atoms. The number of anilines is 3. The van der Waals surface area contributed by atoms with Crippen molar-refractivity contribution in [3.8, 4) is 5.75 Å². The zero-order valence-corrected chi connectivity index (χ0v) is 80.3. The first-order valence-electron chi connectivity index (χ1n) is 47.4. The molecule has 0 radical (unpaired) electrons. The number of allylic oxidation sites excluding steroid dienone is 4. The van der Waals surface area contributed by atoms with Gasteiger partial charge in [0.05, 0.1) is 147 Å². The molecule has 39 nitrogen and oxygen atoms in total. The average molecular weight is 1970 g/mol. The Morgan fingerprint density at radius 3 is 1.98 bits per heavy atom. The van der Waals surface area contributed by atoms with Crippen LogP contribution in [0.3, 0.4) is 0 Å². The Labute approximate surface area is 807 Å². The van der Waals surface area contributed by atoms with Crippen molar-refractivity contribution in [3.05, 3.63) is 143 Å². The first-order chi connectivity index (χ1) is 66.7. The van der Waals surface area contributed by atoms with Crippen molar-refractivity contribution < 1.29 is 132 Å². The van der Waals surface area contributed by atoms with Crippen molar-refractivity contribution in [2.24, 2.45) is 40.2 Å². The minimum atomic E-state index is -4.44. The highest BCUT2D eigenvalue weighted by atomic mass is 32.2. The summed E-state index contributed by atoms with van der Waals surface area (Å²) >= 11 is 0. The van der Waals surface area contributed by atoms with Crippen LogP contribution in [0.15, 0.2) is 121 Å². The van der Waals surface area contributed by atoms with Crippen molar-refractivity contribution in [1.82, 2.24) is 47.9 Å². The van der Waals surface area contributed by atoms with Gasteiger partial charge in [-0.25, -0.2) is 18.4 Å². The van der Waals surface area contributed by atoms with Crippen LogP contribution in [-0.2, 0) is 114 Å². The van der Waals surface area contributed by atoms with Gasteiger partial charge in [0.25, 0.3) is 10.1 Å². The predicted molar refractivity (Wildman–Crippen MR) is 505 cm³/mol. The first kappa shape index (κ1) is 109. The number of hydrazine groups is 2. The number of ketones is 3. The standard InChI is InChI=1S/C97H133F2N13O26S/c1-7-13-86-137-81-57-72-73-56-75(98)74-55-68(113)31-33-94(74,4)96(73,99)79(115)58-95(72,5)97(81,138-86)80(116)61-135-69-25-23-67(24-26-69)106-93(124)136-60-63-19-21-66(22-20-63)105-90(121)64(15-12-34-104-92(100)123)54-78(114)87(62(2)3)108-91(122)76(27-28-82(117)103-37-53-139(125,126)127)107-84(119)32-39-128-43-47-132-51-52-134-49-45-130-41-36-102-83(118)29-30-85(120)111-59-65-14-8-9-16-70(65)89-88(71-17-10-11-18-77(71)111)109-110-112(89)38-42-131-46-50-133-48-44-129-40-35-101-6/h8-11,14,16-26,31,33,55,62,64,72-73,75-76,79,81,86-87,101,109-110,115H,7,12-13,15,27-30,32,34-54,56-61H2,1-6H3,(H,102,118)(H,103,117)(H,105,121)(H,106,124)(H,107,119)(H,108,122)(H3,100,104,123)(H,125,126,127)/t64-,72+,73+,75+,76-,79+,81-,86?,87+,94+,95+,96+,97-/m1/s1. The van der Waals surface area contributed by atoms with Crippen molar-refractivity contribution in [3.63, 3.8) is 0 Å². The summed E-state index contributed by atoms with van der Waals surface area (Å²) in [5.41, 5.74) is 11.2. The summed E-state index contributed by atoms with van der Waals surface area (Å²) in [6.45, 7) is 13.2. The number of ether oxygens (including phenoxy) is 11. The van der Waals surface area contributed by atoms with Gasteiger partial charge in [0, 0.05) is 103 Å². The van der Waals surface area contributed by atoms with Gasteiger partial charge < -0.3 is 110 Å². The molecular formula is C97H133F2N13O26S. The van der Waals surface area contributed by atoms with E-state index in [0.29, 0.717) is 81.7 Å². The smallest absolute Gasteiger partial charge is 0.411 e. The number of nitrogens with zero attached hydrogens (tertiary/aromatic N) is 2. The van der Waals surface area contributed by atoms with Gasteiger partial charge in [-0.1, -0.05) is 94.8 Å². The summed E-state index contributed by atoms with van der Waals surface area (Å²) in [4.78, 5) is 150. The van der Waals surface area contributed by atoms with Gasteiger partial charge in [-0.3, -0.25) is 58.0 Å². The highest BCUT2D eigenvalue weighted by molar-refractivity contribution is 7.85. The summed E-state index contributed by atoms with van der Waals surface area (Å²) < 4.78 is 130. The number of primary amides is 1. The lowest BCUT2D eigenvalue weighted by Gasteiger charge is -2.63. The first-order valence-corrected chi connectivity index (χ1v) is 49.0. The van der Waals surface area contributed by atoms with Crippen LogP contribution in [0.2, 0.25) is 0 Å². The van der Waals surface area contributed by atoms with Crippen LogP contribution in [0.4, 0.5) is 35.4 Å². The second kappa shape index (κ2) is 52.1. The Balaban J connectivity index is 0.574. The number of urea groups is 1. The van der Waals surface area contributed by atoms with Crippen LogP contribution in [0.25, 0.3) is 11.4 Å². The van der Waals surface area contributed by atoms with E-state index >= 15 is 8.78 Å². The molecular weight excluding hydrogens is 1830 g/mol. The molecule has 0 spiro atoms. The quantitative estimate of drug-likeness (QED) is 0.0171. The molecule has 4 aromatic rings. The molecule has 42 heteroatoms.